The van der Waals surface area contributed by atoms with Gasteiger partial charge in [-0.3, -0.25) is 24.0 Å². The molecule has 7 atom stereocenters. The summed E-state index contributed by atoms with van der Waals surface area (Å²) in [4.78, 5) is 71.3. The van der Waals surface area contributed by atoms with Crippen LogP contribution in [-0.2, 0) is 35.3 Å². The molecule has 14 nitrogen and oxygen atoms in total. The van der Waals surface area contributed by atoms with Gasteiger partial charge in [-0.25, -0.2) is 0 Å². The van der Waals surface area contributed by atoms with Crippen LogP contribution >= 0.6 is 0 Å². The van der Waals surface area contributed by atoms with E-state index in [4.69, 9.17) is 20.9 Å². The highest BCUT2D eigenvalue weighted by molar-refractivity contribution is 5.96. The van der Waals surface area contributed by atoms with Crippen LogP contribution in [0, 0.1) is 11.8 Å². The predicted octanol–water partition coefficient (Wildman–Crippen LogP) is 2.65. The summed E-state index contributed by atoms with van der Waals surface area (Å²) in [7, 11) is 1.64. The molecule has 1 saturated heterocycles. The molecule has 0 spiro atoms. The normalized spacial score (nSPS) is 27.5. The Bertz CT molecular complexity index is 1340. The Balaban J connectivity index is 1.99. The van der Waals surface area contributed by atoms with Gasteiger partial charge in [0.05, 0.1) is 18.6 Å². The van der Waals surface area contributed by atoms with Gasteiger partial charge in [0, 0.05) is 26.2 Å². The van der Waals surface area contributed by atoms with Gasteiger partial charge >= 0.3 is 0 Å². The third-order valence-corrected chi connectivity index (χ3v) is 10.7. The Hall–Kier alpha value is -3.75. The average molecular weight is 758 g/mol. The fourth-order valence-electron chi connectivity index (χ4n) is 7.27. The van der Waals surface area contributed by atoms with Crippen molar-refractivity contribution in [3.63, 3.8) is 0 Å². The van der Waals surface area contributed by atoms with Crippen LogP contribution in [0.3, 0.4) is 0 Å². The molecule has 1 aliphatic heterocycles. The van der Waals surface area contributed by atoms with Crippen molar-refractivity contribution in [1.82, 2.24) is 26.2 Å². The van der Waals surface area contributed by atoms with E-state index in [1.807, 2.05) is 26.0 Å². The maximum Gasteiger partial charge on any atom is 0.246 e. The monoisotopic (exact) mass is 758 g/mol. The van der Waals surface area contributed by atoms with Gasteiger partial charge in [0.25, 0.3) is 0 Å². The Morgan fingerprint density at radius 2 is 1.44 bits per heavy atom. The van der Waals surface area contributed by atoms with Crippen molar-refractivity contribution in [1.29, 1.82) is 0 Å². The van der Waals surface area contributed by atoms with Crippen LogP contribution in [0.15, 0.2) is 24.3 Å². The fourth-order valence-corrected chi connectivity index (χ4v) is 7.27. The smallest absolute Gasteiger partial charge is 0.246 e. The number of nitrogens with zero attached hydrogens (tertiary/aromatic N) is 1. The third-order valence-electron chi connectivity index (χ3n) is 10.7. The van der Waals surface area contributed by atoms with Crippen molar-refractivity contribution in [2.75, 3.05) is 26.8 Å². The molecule has 1 aromatic carbocycles. The Labute approximate surface area is 322 Å². The second-order valence-corrected chi connectivity index (χ2v) is 15.1. The van der Waals surface area contributed by atoms with Crippen molar-refractivity contribution < 1.29 is 33.4 Å². The van der Waals surface area contributed by atoms with E-state index in [9.17, 15) is 24.0 Å². The minimum atomic E-state index is -1.20. The molecule has 2 fully saturated rings. The summed E-state index contributed by atoms with van der Waals surface area (Å²) in [6, 6.07) is 2.47. The third kappa shape index (κ3) is 13.5. The molecule has 0 unspecified atom stereocenters. The van der Waals surface area contributed by atoms with Crippen molar-refractivity contribution in [3.8, 4) is 5.75 Å². The summed E-state index contributed by atoms with van der Waals surface area (Å²) in [5, 5.41) is 11.4. The van der Waals surface area contributed by atoms with E-state index in [-0.39, 0.29) is 31.6 Å². The van der Waals surface area contributed by atoms with Crippen LogP contribution < -0.4 is 37.5 Å². The van der Waals surface area contributed by atoms with Crippen molar-refractivity contribution >= 4 is 29.5 Å². The number of benzene rings is 1. The minimum Gasteiger partial charge on any atom is -0.491 e. The van der Waals surface area contributed by atoms with Gasteiger partial charge in [-0.05, 0) is 56.2 Å². The largest absolute Gasteiger partial charge is 0.491 e. The summed E-state index contributed by atoms with van der Waals surface area (Å²) in [6.45, 7) is 7.70. The molecule has 2 aliphatic rings. The summed E-state index contributed by atoms with van der Waals surface area (Å²) >= 11 is 0. The van der Waals surface area contributed by atoms with E-state index in [1.165, 1.54) is 4.90 Å². The van der Waals surface area contributed by atoms with E-state index < -0.39 is 65.9 Å². The van der Waals surface area contributed by atoms with Gasteiger partial charge in [-0.2, -0.15) is 0 Å². The lowest BCUT2D eigenvalue weighted by molar-refractivity contribution is -0.147. The summed E-state index contributed by atoms with van der Waals surface area (Å²) in [5.41, 5.74) is 12.7. The fraction of sp³-hybridized carbons (Fsp3) is 0.725. The molecule has 1 aromatic rings. The highest BCUT2D eigenvalue weighted by Gasteiger charge is 2.38. The molecular weight excluding hydrogens is 690 g/mol. The van der Waals surface area contributed by atoms with E-state index in [2.05, 4.69) is 28.2 Å². The van der Waals surface area contributed by atoms with E-state index in [1.54, 1.807) is 26.1 Å². The molecule has 5 amide bonds. The van der Waals surface area contributed by atoms with Crippen molar-refractivity contribution in [2.24, 2.45) is 23.3 Å². The lowest BCUT2D eigenvalue weighted by atomic mass is 9.83. The molecule has 0 radical (unpaired) electrons. The number of ether oxygens (including phenoxy) is 2. The zero-order valence-electron chi connectivity index (χ0n) is 33.2. The van der Waals surface area contributed by atoms with Crippen molar-refractivity contribution in [3.05, 3.63) is 29.8 Å². The van der Waals surface area contributed by atoms with Gasteiger partial charge in [0.15, 0.2) is 0 Å². The first kappa shape index (κ1) is 44.6. The molecule has 54 heavy (non-hydrogen) atoms. The van der Waals surface area contributed by atoms with E-state index in [0.29, 0.717) is 31.6 Å². The Morgan fingerprint density at radius 1 is 0.778 bits per heavy atom. The number of nitrogens with two attached hydrogens (primary N) is 2. The maximum absolute atomic E-state index is 14.1. The zero-order valence-corrected chi connectivity index (χ0v) is 33.2. The first-order valence-corrected chi connectivity index (χ1v) is 20.1. The molecule has 304 valence electrons. The average Bonchev–Trinajstić information content (AvgIpc) is 3.18. The highest BCUT2D eigenvalue weighted by Crippen LogP contribution is 2.27. The van der Waals surface area contributed by atoms with Crippen LogP contribution in [-0.4, -0.2) is 97.6 Å². The standard InChI is InChI=1S/C40H67N7O7/c1-6-8-9-13-17-34-27(4)40(52)47(5)33(14-7-2)38(50)46-35(29-15-11-10-12-16-29)39(51)44-31(23-42)36(48)45-32(37(49)43-26(3)24-54-34)25-53-30-20-18-28(22-41)19-21-30/h18-21,26-27,29,31-35H,6-17,22-25,41-42H2,1-5H3,(H,43,49)(H,44,51)(H,45,48)(H,46,50)/t26-,27-,31+,32+,33+,34-,35+/m1/s1. The molecule has 1 heterocycles. The van der Waals surface area contributed by atoms with Crippen LogP contribution in [0.1, 0.15) is 110 Å². The number of unbranched alkanes of at least 4 members (excludes halogenated alkanes) is 3. The molecule has 0 bridgehead atoms. The number of rotatable bonds is 13. The SMILES string of the molecule is CCCCCC[C@H]1OC[C@@H](C)NC(=O)[C@H](COc2ccc(CN)cc2)NC(=O)[C@H](CN)NC(=O)[C@H](C2CCCCC2)NC(=O)[C@H](CCC)N(C)C(=O)[C@@H]1C. The highest BCUT2D eigenvalue weighted by atomic mass is 16.5. The summed E-state index contributed by atoms with van der Waals surface area (Å²) in [5.74, 6) is -2.64. The molecule has 1 saturated carbocycles. The molecule has 1 aliphatic carbocycles. The molecular formula is C40H67N7O7. The number of hydrogen-bond acceptors (Lipinski definition) is 9. The number of amides is 5. The maximum atomic E-state index is 14.1. The van der Waals surface area contributed by atoms with E-state index >= 15 is 0 Å². The number of carbonyl (C=O) groups is 5. The molecule has 3 rings (SSSR count). The van der Waals surface area contributed by atoms with Gasteiger partial charge in [-0.1, -0.05) is 84.3 Å². The zero-order chi connectivity index (χ0) is 39.6. The number of hydrogen-bond donors (Lipinski definition) is 6. The second kappa shape index (κ2) is 23.2. The lowest BCUT2D eigenvalue weighted by Crippen LogP contribution is -2.62. The predicted molar refractivity (Wildman–Crippen MR) is 208 cm³/mol. The summed E-state index contributed by atoms with van der Waals surface area (Å²) < 4.78 is 12.3. The Morgan fingerprint density at radius 3 is 2.07 bits per heavy atom. The summed E-state index contributed by atoms with van der Waals surface area (Å²) in [6.07, 6.45) is 9.47. The lowest BCUT2D eigenvalue weighted by Gasteiger charge is -2.35. The van der Waals surface area contributed by atoms with Gasteiger partial charge in [-0.15, -0.1) is 0 Å². The quantitative estimate of drug-likeness (QED) is 0.163. The van der Waals surface area contributed by atoms with Gasteiger partial charge in [0.2, 0.25) is 29.5 Å². The number of carbonyl (C=O) groups excluding carboxylic acids is 5. The van der Waals surface area contributed by atoms with Crippen LogP contribution in [0.5, 0.6) is 5.75 Å². The second-order valence-electron chi connectivity index (χ2n) is 15.1. The first-order valence-electron chi connectivity index (χ1n) is 20.1. The topological polar surface area (TPSA) is 207 Å². The van der Waals surface area contributed by atoms with Gasteiger partial charge in [0.1, 0.15) is 36.5 Å². The minimum absolute atomic E-state index is 0.108. The Kier molecular flexibility index (Phi) is 19.2. The first-order chi connectivity index (χ1) is 25.9. The molecule has 14 heteroatoms. The molecule has 0 aromatic heterocycles. The van der Waals surface area contributed by atoms with Crippen molar-refractivity contribution in [2.45, 2.75) is 148 Å². The van der Waals surface area contributed by atoms with E-state index in [0.717, 1.165) is 63.4 Å². The number of nitrogens with one attached hydrogen (secondary N) is 4. The number of likely N-dealkylation sites (N-methyl/N-ethyl adjacent to an activating group) is 1. The van der Waals surface area contributed by atoms with Crippen LogP contribution in [0.2, 0.25) is 0 Å². The molecule has 8 N–H and O–H groups in total. The van der Waals surface area contributed by atoms with Crippen LogP contribution in [0.25, 0.3) is 0 Å². The van der Waals surface area contributed by atoms with Crippen LogP contribution in [0.4, 0.5) is 0 Å². The van der Waals surface area contributed by atoms with Gasteiger partial charge < -0.3 is 47.1 Å².